The zero-order valence-electron chi connectivity index (χ0n) is 17.5. The van der Waals surface area contributed by atoms with Crippen LogP contribution in [0, 0.1) is 3.57 Å². The van der Waals surface area contributed by atoms with Crippen molar-refractivity contribution in [2.45, 2.75) is 33.6 Å². The summed E-state index contributed by atoms with van der Waals surface area (Å²) in [5, 5.41) is 4.92. The average molecular weight is 598 g/mol. The number of carbonyl (C=O) groups excluding carboxylic acids is 1. The third-order valence-electron chi connectivity index (χ3n) is 4.25. The number of carbonyl (C=O) groups is 1. The molecular formula is C22H21BrIN3O4. The van der Waals surface area contributed by atoms with Gasteiger partial charge in [-0.1, -0.05) is 29.8 Å². The average Bonchev–Trinajstić information content (AvgIpc) is 2.70. The van der Waals surface area contributed by atoms with Crippen LogP contribution in [0.2, 0.25) is 0 Å². The number of aromatic nitrogens is 2. The van der Waals surface area contributed by atoms with Crippen molar-refractivity contribution in [3.8, 4) is 11.5 Å². The molecule has 0 radical (unpaired) electrons. The van der Waals surface area contributed by atoms with Gasteiger partial charge in [-0.2, -0.15) is 9.78 Å². The summed E-state index contributed by atoms with van der Waals surface area (Å²) in [4.78, 5) is 29.2. The summed E-state index contributed by atoms with van der Waals surface area (Å²) < 4.78 is 13.7. The standard InChI is InChI=1S/C22H21BrIN3O4/c1-5-30-19-9-14(8-17(24)20(19)31-13(4)28)11-25-27-21(12(2)3)26-18-7-6-15(23)10-16(18)22(27)29/h6-12H,5H2,1-4H3. The predicted octanol–water partition coefficient (Wildman–Crippen LogP) is 5.09. The number of hydrogen-bond acceptors (Lipinski definition) is 6. The van der Waals surface area contributed by atoms with Crippen LogP contribution in [-0.2, 0) is 4.79 Å². The van der Waals surface area contributed by atoms with Crippen LogP contribution < -0.4 is 15.0 Å². The number of fused-ring (bicyclic) bond motifs is 1. The fourth-order valence-electron chi connectivity index (χ4n) is 2.94. The van der Waals surface area contributed by atoms with E-state index in [0.29, 0.717) is 44.0 Å². The lowest BCUT2D eigenvalue weighted by Gasteiger charge is -2.13. The molecule has 0 atom stereocenters. The molecule has 0 aliphatic rings. The van der Waals surface area contributed by atoms with Gasteiger partial charge >= 0.3 is 5.97 Å². The molecule has 3 aromatic rings. The molecule has 0 aliphatic carbocycles. The minimum absolute atomic E-state index is 0.0108. The Hall–Kier alpha value is -2.27. The van der Waals surface area contributed by atoms with E-state index in [9.17, 15) is 9.59 Å². The fraction of sp³-hybridized carbons (Fsp3) is 0.273. The third kappa shape index (κ3) is 5.32. The topological polar surface area (TPSA) is 82.8 Å². The summed E-state index contributed by atoms with van der Waals surface area (Å²) in [6.07, 6.45) is 1.57. The van der Waals surface area contributed by atoms with Gasteiger partial charge in [0.25, 0.3) is 5.56 Å². The summed E-state index contributed by atoms with van der Waals surface area (Å²) in [6, 6.07) is 8.93. The number of halogens is 2. The zero-order chi connectivity index (χ0) is 22.7. The molecule has 0 spiro atoms. The highest BCUT2D eigenvalue weighted by Gasteiger charge is 2.16. The monoisotopic (exact) mass is 597 g/mol. The van der Waals surface area contributed by atoms with Gasteiger partial charge in [0.1, 0.15) is 5.82 Å². The largest absolute Gasteiger partial charge is 0.490 e. The van der Waals surface area contributed by atoms with Crippen LogP contribution in [0.5, 0.6) is 11.5 Å². The van der Waals surface area contributed by atoms with Crippen molar-refractivity contribution in [1.82, 2.24) is 9.66 Å². The van der Waals surface area contributed by atoms with Gasteiger partial charge in [0, 0.05) is 17.3 Å². The van der Waals surface area contributed by atoms with Gasteiger partial charge in [-0.3, -0.25) is 9.59 Å². The first kappa shape index (κ1) is 23.4. The van der Waals surface area contributed by atoms with Crippen molar-refractivity contribution in [2.75, 3.05) is 6.61 Å². The van der Waals surface area contributed by atoms with E-state index >= 15 is 0 Å². The molecule has 0 N–H and O–H groups in total. The molecule has 0 bridgehead atoms. The molecule has 162 valence electrons. The van der Waals surface area contributed by atoms with Gasteiger partial charge in [-0.05, 0) is 65.4 Å². The first-order valence-electron chi connectivity index (χ1n) is 9.62. The van der Waals surface area contributed by atoms with Crippen LogP contribution >= 0.6 is 38.5 Å². The second-order valence-electron chi connectivity index (χ2n) is 7.00. The van der Waals surface area contributed by atoms with Gasteiger partial charge in [0.15, 0.2) is 11.5 Å². The lowest BCUT2D eigenvalue weighted by molar-refractivity contribution is -0.132. The molecule has 0 saturated heterocycles. The second-order valence-corrected chi connectivity index (χ2v) is 9.08. The third-order valence-corrected chi connectivity index (χ3v) is 5.54. The number of esters is 1. The molecule has 9 heteroatoms. The maximum atomic E-state index is 13.1. The first-order valence-corrected chi connectivity index (χ1v) is 11.5. The normalized spacial score (nSPS) is 11.5. The molecule has 0 fully saturated rings. The highest BCUT2D eigenvalue weighted by molar-refractivity contribution is 14.1. The molecule has 1 aromatic heterocycles. The van der Waals surface area contributed by atoms with E-state index in [-0.39, 0.29) is 11.5 Å². The molecule has 7 nitrogen and oxygen atoms in total. The van der Waals surface area contributed by atoms with E-state index in [1.807, 2.05) is 32.9 Å². The van der Waals surface area contributed by atoms with Crippen LogP contribution in [-0.4, -0.2) is 28.5 Å². The van der Waals surface area contributed by atoms with E-state index in [0.717, 1.165) is 4.47 Å². The predicted molar refractivity (Wildman–Crippen MR) is 132 cm³/mol. The number of nitrogens with zero attached hydrogens (tertiary/aromatic N) is 3. The van der Waals surface area contributed by atoms with Gasteiger partial charge in [0.05, 0.1) is 27.3 Å². The summed E-state index contributed by atoms with van der Waals surface area (Å²) in [5.41, 5.74) is 1.07. The molecule has 0 amide bonds. The Kier molecular flexibility index (Phi) is 7.47. The van der Waals surface area contributed by atoms with Gasteiger partial charge in [0.2, 0.25) is 0 Å². The van der Waals surface area contributed by atoms with Crippen molar-refractivity contribution in [2.24, 2.45) is 5.10 Å². The highest BCUT2D eigenvalue weighted by Crippen LogP contribution is 2.34. The SMILES string of the molecule is CCOc1cc(C=Nn2c(C(C)C)nc3ccc(Br)cc3c2=O)cc(I)c1OC(C)=O. The van der Waals surface area contributed by atoms with Gasteiger partial charge in [-0.15, -0.1) is 0 Å². The van der Waals surface area contributed by atoms with Crippen LogP contribution in [0.1, 0.15) is 45.0 Å². The summed E-state index contributed by atoms with van der Waals surface area (Å²) in [7, 11) is 0. The Morgan fingerprint density at radius 2 is 2.06 bits per heavy atom. The number of ether oxygens (including phenoxy) is 2. The van der Waals surface area contributed by atoms with Crippen LogP contribution in [0.4, 0.5) is 0 Å². The smallest absolute Gasteiger partial charge is 0.308 e. The maximum Gasteiger partial charge on any atom is 0.308 e. The Labute approximate surface area is 201 Å². The Balaban J connectivity index is 2.12. The van der Waals surface area contributed by atoms with Gasteiger partial charge < -0.3 is 9.47 Å². The van der Waals surface area contributed by atoms with E-state index in [2.05, 4.69) is 48.6 Å². The quantitative estimate of drug-likeness (QED) is 0.171. The van der Waals surface area contributed by atoms with E-state index in [1.165, 1.54) is 11.6 Å². The van der Waals surface area contributed by atoms with Crippen LogP contribution in [0.25, 0.3) is 10.9 Å². The summed E-state index contributed by atoms with van der Waals surface area (Å²) >= 11 is 5.48. The Bertz CT molecular complexity index is 1240. The van der Waals surface area contributed by atoms with Crippen molar-refractivity contribution < 1.29 is 14.3 Å². The van der Waals surface area contributed by atoms with Crippen LogP contribution in [0.3, 0.4) is 0 Å². The lowest BCUT2D eigenvalue weighted by Crippen LogP contribution is -2.23. The van der Waals surface area contributed by atoms with E-state index in [1.54, 1.807) is 24.4 Å². The second kappa shape index (κ2) is 9.90. The van der Waals surface area contributed by atoms with Crippen molar-refractivity contribution in [3.63, 3.8) is 0 Å². The maximum absolute atomic E-state index is 13.1. The summed E-state index contributed by atoms with van der Waals surface area (Å²) in [6.45, 7) is 7.51. The van der Waals surface area contributed by atoms with Crippen molar-refractivity contribution >= 4 is 61.6 Å². The first-order chi connectivity index (χ1) is 14.7. The molecule has 0 unspecified atom stereocenters. The zero-order valence-corrected chi connectivity index (χ0v) is 21.2. The molecule has 31 heavy (non-hydrogen) atoms. The minimum Gasteiger partial charge on any atom is -0.490 e. The van der Waals surface area contributed by atoms with E-state index in [4.69, 9.17) is 9.47 Å². The molecule has 2 aromatic carbocycles. The Morgan fingerprint density at radius 3 is 2.71 bits per heavy atom. The highest BCUT2D eigenvalue weighted by atomic mass is 127. The Morgan fingerprint density at radius 1 is 1.32 bits per heavy atom. The number of benzene rings is 2. The van der Waals surface area contributed by atoms with Crippen LogP contribution in [0.15, 0.2) is 44.7 Å². The molecule has 0 aliphatic heterocycles. The summed E-state index contributed by atoms with van der Waals surface area (Å²) in [5.74, 6) is 0.921. The number of rotatable bonds is 6. The molecule has 3 rings (SSSR count). The van der Waals surface area contributed by atoms with Crippen molar-refractivity contribution in [3.05, 3.63) is 60.1 Å². The molecular weight excluding hydrogens is 577 g/mol. The van der Waals surface area contributed by atoms with E-state index < -0.39 is 5.97 Å². The minimum atomic E-state index is -0.429. The van der Waals surface area contributed by atoms with Crippen molar-refractivity contribution in [1.29, 1.82) is 0 Å². The lowest BCUT2D eigenvalue weighted by atomic mass is 10.2. The number of hydrogen-bond donors (Lipinski definition) is 0. The molecule has 1 heterocycles. The van der Waals surface area contributed by atoms with Gasteiger partial charge in [-0.25, -0.2) is 4.98 Å². The fourth-order valence-corrected chi connectivity index (χ4v) is 4.04. The molecule has 0 saturated carbocycles.